The lowest BCUT2D eigenvalue weighted by Gasteiger charge is -2.07. The smallest absolute Gasteiger partial charge is 0.221 e. The average molecular weight is 395 g/mol. The Kier molecular flexibility index (Phi) is 5.52. The van der Waals surface area contributed by atoms with E-state index in [0.29, 0.717) is 26.9 Å². The van der Waals surface area contributed by atoms with Gasteiger partial charge in [-0.3, -0.25) is 4.79 Å². The van der Waals surface area contributed by atoms with Gasteiger partial charge in [-0.1, -0.05) is 41.0 Å². The van der Waals surface area contributed by atoms with Crippen molar-refractivity contribution < 1.29 is 4.79 Å². The number of rotatable bonds is 5. The number of carbonyl (C=O) groups is 1. The first-order valence-electron chi connectivity index (χ1n) is 7.12. The Morgan fingerprint density at radius 2 is 2.00 bits per heavy atom. The molecule has 7 nitrogen and oxygen atoms in total. The number of carbonyl (C=O) groups excluding carboxylic acids is 1. The molecule has 0 aliphatic carbocycles. The van der Waals surface area contributed by atoms with Gasteiger partial charge in [-0.25, -0.2) is 4.98 Å². The van der Waals surface area contributed by atoms with E-state index >= 15 is 0 Å². The van der Waals surface area contributed by atoms with E-state index in [1.807, 2.05) is 12.1 Å². The fourth-order valence-electron chi connectivity index (χ4n) is 2.10. The fourth-order valence-corrected chi connectivity index (χ4v) is 3.42. The molecule has 3 rings (SSSR count). The van der Waals surface area contributed by atoms with Crippen LogP contribution in [0.1, 0.15) is 12.5 Å². The number of thioether (sulfide) groups is 1. The van der Waals surface area contributed by atoms with Gasteiger partial charge in [0.15, 0.2) is 0 Å². The molecule has 25 heavy (non-hydrogen) atoms. The number of nitrogens with one attached hydrogen (secondary N) is 1. The minimum atomic E-state index is -0.144. The summed E-state index contributed by atoms with van der Waals surface area (Å²) in [6.07, 6.45) is 0. The molecule has 0 fully saturated rings. The molecule has 1 aromatic carbocycles. The number of anilines is 1. The van der Waals surface area contributed by atoms with Gasteiger partial charge in [0.1, 0.15) is 10.3 Å². The second kappa shape index (κ2) is 7.81. The molecule has 0 spiro atoms. The van der Waals surface area contributed by atoms with Crippen LogP contribution in [0.2, 0.25) is 10.3 Å². The summed E-state index contributed by atoms with van der Waals surface area (Å²) in [4.78, 5) is 15.1. The number of amides is 1. The van der Waals surface area contributed by atoms with Crippen LogP contribution in [-0.2, 0) is 10.5 Å². The second-order valence-electron chi connectivity index (χ2n) is 5.01. The maximum atomic E-state index is 11.2. The number of benzene rings is 1. The Balaban J connectivity index is 1.80. The van der Waals surface area contributed by atoms with Gasteiger partial charge >= 0.3 is 0 Å². The molecule has 1 N–H and O–H groups in total. The number of tetrazole rings is 1. The quantitative estimate of drug-likeness (QED) is 0.525. The zero-order valence-electron chi connectivity index (χ0n) is 13.0. The van der Waals surface area contributed by atoms with Gasteiger partial charge in [0.2, 0.25) is 11.1 Å². The summed E-state index contributed by atoms with van der Waals surface area (Å²) in [7, 11) is 0. The van der Waals surface area contributed by atoms with Crippen molar-refractivity contribution >= 4 is 46.6 Å². The zero-order valence-corrected chi connectivity index (χ0v) is 15.3. The van der Waals surface area contributed by atoms with Gasteiger partial charge in [-0.2, -0.15) is 4.68 Å². The SMILES string of the molecule is CC(=O)Nc1cccc(-n2nnnc2SCc2cc(Cl)nc(Cl)c2)c1. The molecule has 0 unspecified atom stereocenters. The lowest BCUT2D eigenvalue weighted by molar-refractivity contribution is -0.114. The highest BCUT2D eigenvalue weighted by Crippen LogP contribution is 2.25. The van der Waals surface area contributed by atoms with E-state index in [-0.39, 0.29) is 5.91 Å². The van der Waals surface area contributed by atoms with E-state index in [1.165, 1.54) is 18.7 Å². The second-order valence-corrected chi connectivity index (χ2v) is 6.73. The fraction of sp³-hybridized carbons (Fsp3) is 0.133. The Hall–Kier alpha value is -2.16. The summed E-state index contributed by atoms with van der Waals surface area (Å²) in [5.41, 5.74) is 2.32. The lowest BCUT2D eigenvalue weighted by atomic mass is 10.3. The third-order valence-corrected chi connectivity index (χ3v) is 4.42. The Labute approximate surface area is 157 Å². The van der Waals surface area contributed by atoms with Crippen molar-refractivity contribution in [3.05, 3.63) is 52.3 Å². The van der Waals surface area contributed by atoms with Crippen LogP contribution in [0.15, 0.2) is 41.6 Å². The monoisotopic (exact) mass is 394 g/mol. The highest BCUT2D eigenvalue weighted by Gasteiger charge is 2.11. The van der Waals surface area contributed by atoms with Crippen molar-refractivity contribution in [1.82, 2.24) is 25.2 Å². The summed E-state index contributed by atoms with van der Waals surface area (Å²) in [5, 5.41) is 15.8. The number of halogens is 2. The average Bonchev–Trinajstić information content (AvgIpc) is 3.00. The van der Waals surface area contributed by atoms with E-state index in [0.717, 1.165) is 11.3 Å². The third kappa shape index (κ3) is 4.68. The van der Waals surface area contributed by atoms with Crippen molar-refractivity contribution in [3.63, 3.8) is 0 Å². The van der Waals surface area contributed by atoms with E-state index in [9.17, 15) is 4.79 Å². The maximum Gasteiger partial charge on any atom is 0.221 e. The zero-order chi connectivity index (χ0) is 17.8. The largest absolute Gasteiger partial charge is 0.326 e. The molecule has 0 saturated heterocycles. The standard InChI is InChI=1S/C15H12Cl2N6OS/c1-9(24)18-11-3-2-4-12(7-11)23-15(20-21-22-23)25-8-10-5-13(16)19-14(17)6-10/h2-7H,8H2,1H3,(H,18,24). The Morgan fingerprint density at radius 3 is 2.72 bits per heavy atom. The first-order valence-corrected chi connectivity index (χ1v) is 8.86. The topological polar surface area (TPSA) is 85.6 Å². The normalized spacial score (nSPS) is 10.7. The van der Waals surface area contributed by atoms with Crippen LogP contribution >= 0.6 is 35.0 Å². The first kappa shape index (κ1) is 17.7. The maximum absolute atomic E-state index is 11.2. The molecule has 0 radical (unpaired) electrons. The molecule has 2 heterocycles. The molecule has 1 amide bonds. The van der Waals surface area contributed by atoms with Gasteiger partial charge in [0.05, 0.1) is 5.69 Å². The van der Waals surface area contributed by atoms with E-state index < -0.39 is 0 Å². The van der Waals surface area contributed by atoms with Crippen molar-refractivity contribution in [3.8, 4) is 5.69 Å². The highest BCUT2D eigenvalue weighted by molar-refractivity contribution is 7.98. The molecule has 10 heteroatoms. The summed E-state index contributed by atoms with van der Waals surface area (Å²) >= 11 is 13.3. The van der Waals surface area contributed by atoms with Gasteiger partial charge in [0.25, 0.3) is 0 Å². The highest BCUT2D eigenvalue weighted by atomic mass is 35.5. The van der Waals surface area contributed by atoms with Crippen LogP contribution in [0.3, 0.4) is 0 Å². The number of hydrogen-bond acceptors (Lipinski definition) is 6. The first-order chi connectivity index (χ1) is 12.0. The third-order valence-electron chi connectivity index (χ3n) is 3.04. The van der Waals surface area contributed by atoms with Gasteiger partial charge < -0.3 is 5.32 Å². The number of nitrogens with zero attached hydrogens (tertiary/aromatic N) is 5. The van der Waals surface area contributed by atoms with Crippen molar-refractivity contribution in [2.24, 2.45) is 0 Å². The van der Waals surface area contributed by atoms with Crippen LogP contribution in [-0.4, -0.2) is 31.1 Å². The molecular formula is C15H12Cl2N6OS. The van der Waals surface area contributed by atoms with Crippen molar-refractivity contribution in [2.75, 3.05) is 5.32 Å². The minimum absolute atomic E-state index is 0.144. The van der Waals surface area contributed by atoms with Crippen LogP contribution in [0.5, 0.6) is 0 Å². The van der Waals surface area contributed by atoms with Crippen molar-refractivity contribution in [1.29, 1.82) is 0 Å². The Morgan fingerprint density at radius 1 is 1.24 bits per heavy atom. The predicted octanol–water partition coefficient (Wildman–Crippen LogP) is 3.61. The predicted molar refractivity (Wildman–Crippen MR) is 97.3 cm³/mol. The molecule has 2 aromatic heterocycles. The number of hydrogen-bond donors (Lipinski definition) is 1. The number of pyridine rings is 1. The minimum Gasteiger partial charge on any atom is -0.326 e. The summed E-state index contributed by atoms with van der Waals surface area (Å²) in [6.45, 7) is 1.45. The van der Waals surface area contributed by atoms with Crippen LogP contribution in [0, 0.1) is 0 Å². The molecule has 0 saturated carbocycles. The van der Waals surface area contributed by atoms with Crippen LogP contribution < -0.4 is 5.32 Å². The van der Waals surface area contributed by atoms with Crippen LogP contribution in [0.4, 0.5) is 5.69 Å². The van der Waals surface area contributed by atoms with Crippen LogP contribution in [0.25, 0.3) is 5.69 Å². The van der Waals surface area contributed by atoms with E-state index in [4.69, 9.17) is 23.2 Å². The lowest BCUT2D eigenvalue weighted by Crippen LogP contribution is -2.07. The van der Waals surface area contributed by atoms with E-state index in [2.05, 4.69) is 25.8 Å². The molecule has 0 aliphatic heterocycles. The van der Waals surface area contributed by atoms with E-state index in [1.54, 1.807) is 28.9 Å². The Bertz CT molecular complexity index is 896. The molecule has 3 aromatic rings. The van der Waals surface area contributed by atoms with Gasteiger partial charge in [-0.15, -0.1) is 5.10 Å². The summed E-state index contributed by atoms with van der Waals surface area (Å²) < 4.78 is 1.60. The van der Waals surface area contributed by atoms with Crippen molar-refractivity contribution in [2.45, 2.75) is 17.8 Å². The molecule has 128 valence electrons. The summed E-state index contributed by atoms with van der Waals surface area (Å²) in [6, 6.07) is 10.7. The molecule has 0 aliphatic rings. The number of aromatic nitrogens is 5. The molecule has 0 atom stereocenters. The molecule has 0 bridgehead atoms. The molecular weight excluding hydrogens is 383 g/mol. The summed E-state index contributed by atoms with van der Waals surface area (Å²) in [5.74, 6) is 0.433. The van der Waals surface area contributed by atoms with Gasteiger partial charge in [0, 0.05) is 18.4 Å². The van der Waals surface area contributed by atoms with Gasteiger partial charge in [-0.05, 0) is 46.3 Å².